The minimum Gasteiger partial charge on any atom is -0.322 e. The maximum Gasteiger partial charge on any atom is 0.128 e. The predicted molar refractivity (Wildman–Crippen MR) is 145 cm³/mol. The Morgan fingerprint density at radius 3 is 2.00 bits per heavy atom. The van der Waals surface area contributed by atoms with Gasteiger partial charge in [0.15, 0.2) is 0 Å². The molecule has 0 spiro atoms. The van der Waals surface area contributed by atoms with E-state index in [9.17, 15) is 0 Å². The number of hydrogen-bond donors (Lipinski definition) is 0. The summed E-state index contributed by atoms with van der Waals surface area (Å²) >= 11 is 1.87. The topological polar surface area (TPSA) is 17.8 Å². The molecule has 1 unspecified atom stereocenters. The van der Waals surface area contributed by atoms with E-state index < -0.39 is 0 Å². The van der Waals surface area contributed by atoms with Crippen molar-refractivity contribution in [1.82, 2.24) is 9.55 Å². The molecule has 5 aromatic rings. The summed E-state index contributed by atoms with van der Waals surface area (Å²) in [6, 6.07) is 32.3. The molecule has 0 aliphatic heterocycles. The average Bonchev–Trinajstić information content (AvgIpc) is 3.23. The van der Waals surface area contributed by atoms with Gasteiger partial charge in [0.25, 0.3) is 0 Å². The summed E-state index contributed by atoms with van der Waals surface area (Å²) in [4.78, 5) is 6.47. The zero-order valence-electron chi connectivity index (χ0n) is 20.2. The molecule has 1 heterocycles. The molecule has 0 fully saturated rings. The Morgan fingerprint density at radius 2 is 1.32 bits per heavy atom. The molecular formula is C31H30N2S. The maximum atomic E-state index is 5.23. The van der Waals surface area contributed by atoms with Crippen molar-refractivity contribution in [3.8, 4) is 0 Å². The zero-order valence-corrected chi connectivity index (χ0v) is 21.1. The second-order valence-corrected chi connectivity index (χ2v) is 10.2. The number of imidazole rings is 1. The van der Waals surface area contributed by atoms with Crippen LogP contribution < -0.4 is 0 Å². The van der Waals surface area contributed by atoms with Crippen LogP contribution in [-0.2, 0) is 6.54 Å². The molecule has 170 valence electrons. The molecule has 0 amide bonds. The molecule has 0 saturated carbocycles. The molecule has 1 atom stereocenters. The van der Waals surface area contributed by atoms with Crippen molar-refractivity contribution in [2.24, 2.45) is 0 Å². The Kier molecular flexibility index (Phi) is 6.30. The summed E-state index contributed by atoms with van der Waals surface area (Å²) in [6.07, 6.45) is 0. The number of hydrogen-bond acceptors (Lipinski definition) is 2. The lowest BCUT2D eigenvalue weighted by molar-refractivity contribution is 0.747. The lowest BCUT2D eigenvalue weighted by Crippen LogP contribution is -2.12. The van der Waals surface area contributed by atoms with Crippen molar-refractivity contribution in [3.05, 3.63) is 130 Å². The minimum absolute atomic E-state index is 0.0857. The van der Waals surface area contributed by atoms with Gasteiger partial charge in [-0.15, -0.1) is 11.8 Å². The SMILES string of the molecule is Cc1cc(C)c(C)c(Cn2c(C(Sc3ccccc3)c3ccccc3)nc3ccccc32)c1C. The second-order valence-electron chi connectivity index (χ2n) is 9.01. The van der Waals surface area contributed by atoms with Crippen molar-refractivity contribution in [1.29, 1.82) is 0 Å². The Bertz CT molecular complexity index is 1410. The van der Waals surface area contributed by atoms with Crippen molar-refractivity contribution in [2.45, 2.75) is 44.4 Å². The van der Waals surface area contributed by atoms with Crippen LogP contribution >= 0.6 is 11.8 Å². The minimum atomic E-state index is 0.0857. The third-order valence-corrected chi connectivity index (χ3v) is 8.12. The van der Waals surface area contributed by atoms with Crippen LogP contribution in [0.4, 0.5) is 0 Å². The molecule has 0 saturated heterocycles. The van der Waals surface area contributed by atoms with Gasteiger partial charge in [-0.3, -0.25) is 0 Å². The summed E-state index contributed by atoms with van der Waals surface area (Å²) in [6.45, 7) is 9.76. The highest BCUT2D eigenvalue weighted by Gasteiger charge is 2.24. The number of nitrogens with zero attached hydrogens (tertiary/aromatic N) is 2. The van der Waals surface area contributed by atoms with E-state index in [0.717, 1.165) is 17.9 Å². The number of benzene rings is 4. The Balaban J connectivity index is 1.71. The van der Waals surface area contributed by atoms with Crippen LogP contribution in [0.3, 0.4) is 0 Å². The van der Waals surface area contributed by atoms with Gasteiger partial charge in [0.05, 0.1) is 16.3 Å². The Morgan fingerprint density at radius 1 is 0.735 bits per heavy atom. The van der Waals surface area contributed by atoms with Crippen molar-refractivity contribution >= 4 is 22.8 Å². The molecule has 0 aliphatic rings. The standard InChI is InChI=1S/C31H30N2S/c1-21-19-22(2)24(4)27(23(21)3)20-33-29-18-12-11-17-28(29)32-31(33)30(25-13-7-5-8-14-25)34-26-15-9-6-10-16-26/h5-19,30H,20H2,1-4H3. The van der Waals surface area contributed by atoms with Gasteiger partial charge in [0.1, 0.15) is 5.82 Å². The second kappa shape index (κ2) is 9.52. The lowest BCUT2D eigenvalue weighted by Gasteiger charge is -2.21. The first-order valence-electron chi connectivity index (χ1n) is 11.8. The fourth-order valence-electron chi connectivity index (χ4n) is 4.69. The van der Waals surface area contributed by atoms with Crippen molar-refractivity contribution < 1.29 is 0 Å². The fraction of sp³-hybridized carbons (Fsp3) is 0.194. The van der Waals surface area contributed by atoms with E-state index >= 15 is 0 Å². The molecule has 3 heteroatoms. The van der Waals surface area contributed by atoms with Crippen molar-refractivity contribution in [2.75, 3.05) is 0 Å². The summed E-state index contributed by atoms with van der Waals surface area (Å²) in [5, 5.41) is 0.0857. The summed E-state index contributed by atoms with van der Waals surface area (Å²) in [5.41, 5.74) is 10.3. The van der Waals surface area contributed by atoms with E-state index in [-0.39, 0.29) is 5.25 Å². The van der Waals surface area contributed by atoms with Gasteiger partial charge in [0, 0.05) is 11.4 Å². The predicted octanol–water partition coefficient (Wildman–Crippen LogP) is 8.20. The van der Waals surface area contributed by atoms with Crippen LogP contribution in [0, 0.1) is 27.7 Å². The van der Waals surface area contributed by atoms with E-state index in [1.165, 1.54) is 43.8 Å². The van der Waals surface area contributed by atoms with E-state index in [1.807, 2.05) is 11.8 Å². The van der Waals surface area contributed by atoms with E-state index in [2.05, 4.69) is 123 Å². The first kappa shape index (κ1) is 22.5. The summed E-state index contributed by atoms with van der Waals surface area (Å²) < 4.78 is 2.44. The zero-order chi connectivity index (χ0) is 23.7. The first-order chi connectivity index (χ1) is 16.5. The van der Waals surface area contributed by atoms with Crippen molar-refractivity contribution in [3.63, 3.8) is 0 Å². The van der Waals surface area contributed by atoms with E-state index in [4.69, 9.17) is 4.98 Å². The van der Waals surface area contributed by atoms with Gasteiger partial charge in [-0.2, -0.15) is 0 Å². The first-order valence-corrected chi connectivity index (χ1v) is 12.7. The van der Waals surface area contributed by atoms with Gasteiger partial charge >= 0.3 is 0 Å². The number of thioether (sulfide) groups is 1. The average molecular weight is 463 g/mol. The quantitative estimate of drug-likeness (QED) is 0.237. The molecule has 0 bridgehead atoms. The number of rotatable bonds is 6. The summed E-state index contributed by atoms with van der Waals surface area (Å²) in [5.74, 6) is 1.10. The van der Waals surface area contributed by atoms with E-state index in [0.29, 0.717) is 0 Å². The molecule has 0 N–H and O–H groups in total. The van der Waals surface area contributed by atoms with Gasteiger partial charge in [-0.05, 0) is 85.3 Å². The molecule has 2 nitrogen and oxygen atoms in total. The molecule has 0 radical (unpaired) electrons. The number of para-hydroxylation sites is 2. The largest absolute Gasteiger partial charge is 0.322 e. The van der Waals surface area contributed by atoms with Gasteiger partial charge in [0.2, 0.25) is 0 Å². The molecule has 0 aliphatic carbocycles. The molecule has 34 heavy (non-hydrogen) atoms. The number of fused-ring (bicyclic) bond motifs is 1. The number of aromatic nitrogens is 2. The normalized spacial score (nSPS) is 12.2. The van der Waals surface area contributed by atoms with Gasteiger partial charge in [-0.25, -0.2) is 4.98 Å². The Labute approximate surface area is 206 Å². The Hall–Kier alpha value is -3.30. The highest BCUT2D eigenvalue weighted by atomic mass is 32.2. The van der Waals surface area contributed by atoms with Crippen LogP contribution in [0.1, 0.15) is 44.5 Å². The summed E-state index contributed by atoms with van der Waals surface area (Å²) in [7, 11) is 0. The molecule has 5 rings (SSSR count). The van der Waals surface area contributed by atoms with Gasteiger partial charge in [-0.1, -0.05) is 66.7 Å². The number of aryl methyl sites for hydroxylation is 2. The van der Waals surface area contributed by atoms with Crippen LogP contribution in [0.15, 0.2) is 95.9 Å². The van der Waals surface area contributed by atoms with Crippen LogP contribution in [0.2, 0.25) is 0 Å². The smallest absolute Gasteiger partial charge is 0.128 e. The van der Waals surface area contributed by atoms with Gasteiger partial charge < -0.3 is 4.57 Å². The molecule has 1 aromatic heterocycles. The third-order valence-electron chi connectivity index (χ3n) is 6.86. The maximum absolute atomic E-state index is 5.23. The van der Waals surface area contributed by atoms with Crippen LogP contribution in [-0.4, -0.2) is 9.55 Å². The fourth-order valence-corrected chi connectivity index (χ4v) is 5.85. The lowest BCUT2D eigenvalue weighted by atomic mass is 9.94. The highest BCUT2D eigenvalue weighted by molar-refractivity contribution is 7.99. The highest BCUT2D eigenvalue weighted by Crippen LogP contribution is 2.41. The third kappa shape index (κ3) is 4.28. The van der Waals surface area contributed by atoms with E-state index in [1.54, 1.807) is 0 Å². The van der Waals surface area contributed by atoms with Crippen LogP contribution in [0.5, 0.6) is 0 Å². The monoisotopic (exact) mass is 462 g/mol. The molecule has 4 aromatic carbocycles. The molecular weight excluding hydrogens is 432 g/mol. The van der Waals surface area contributed by atoms with Crippen LogP contribution in [0.25, 0.3) is 11.0 Å².